The van der Waals surface area contributed by atoms with Crippen LogP contribution >= 0.6 is 23.2 Å². The minimum atomic E-state index is -0.525. The molecular weight excluding hydrogens is 313 g/mol. The predicted molar refractivity (Wildman–Crippen MR) is 83.0 cm³/mol. The number of carbonyl (C=O) groups excluding carboxylic acids is 1. The number of methoxy groups -OCH3 is 1. The van der Waals surface area contributed by atoms with Crippen LogP contribution in [0.5, 0.6) is 5.75 Å². The number of hydrogen-bond donors (Lipinski definition) is 1. The summed E-state index contributed by atoms with van der Waals surface area (Å²) in [4.78, 5) is 11.7. The van der Waals surface area contributed by atoms with Crippen molar-refractivity contribution in [3.63, 3.8) is 0 Å². The summed E-state index contributed by atoms with van der Waals surface area (Å²) in [6.45, 7) is 0.131. The van der Waals surface area contributed by atoms with Gasteiger partial charge in [-0.15, -0.1) is 0 Å². The Labute approximate surface area is 132 Å². The highest BCUT2D eigenvalue weighted by Crippen LogP contribution is 2.28. The minimum absolute atomic E-state index is 0.131. The van der Waals surface area contributed by atoms with Crippen molar-refractivity contribution in [3.05, 3.63) is 57.6 Å². The quantitative estimate of drug-likeness (QED) is 0.683. The molecule has 0 spiro atoms. The van der Waals surface area contributed by atoms with Gasteiger partial charge in [0, 0.05) is 21.3 Å². The third-order valence-electron chi connectivity index (χ3n) is 2.84. The monoisotopic (exact) mass is 325 g/mol. The van der Waals surface area contributed by atoms with E-state index in [0.717, 1.165) is 0 Å². The molecule has 0 saturated heterocycles. The highest BCUT2D eigenvalue weighted by Gasteiger charge is 2.15. The number of halogens is 2. The topological polar surface area (TPSA) is 61.5 Å². The number of esters is 1. The van der Waals surface area contributed by atoms with Crippen molar-refractivity contribution in [3.8, 4) is 5.75 Å². The Hall–Kier alpha value is -1.91. The van der Waals surface area contributed by atoms with E-state index < -0.39 is 5.97 Å². The lowest BCUT2D eigenvalue weighted by atomic mass is 10.1. The third-order valence-corrected chi connectivity index (χ3v) is 3.55. The van der Waals surface area contributed by atoms with E-state index in [1.165, 1.54) is 13.2 Å². The number of hydrogen-bond acceptors (Lipinski definition) is 4. The number of anilines is 1. The van der Waals surface area contributed by atoms with E-state index >= 15 is 0 Å². The van der Waals surface area contributed by atoms with Crippen molar-refractivity contribution in [2.24, 2.45) is 0 Å². The van der Waals surface area contributed by atoms with E-state index in [1.54, 1.807) is 30.3 Å². The summed E-state index contributed by atoms with van der Waals surface area (Å²) in [5.74, 6) is -0.172. The van der Waals surface area contributed by atoms with Crippen molar-refractivity contribution >= 4 is 34.9 Å². The maximum Gasteiger partial charge on any atom is 0.341 e. The molecule has 0 atom stereocenters. The zero-order valence-electron chi connectivity index (χ0n) is 11.2. The van der Waals surface area contributed by atoms with Gasteiger partial charge in [-0.2, -0.15) is 0 Å². The lowest BCUT2D eigenvalue weighted by Gasteiger charge is -2.12. The first kappa shape index (κ1) is 15.5. The summed E-state index contributed by atoms with van der Waals surface area (Å²) in [6, 6.07) is 9.92. The molecule has 0 saturated carbocycles. The van der Waals surface area contributed by atoms with Gasteiger partial charge in [-0.25, -0.2) is 4.79 Å². The van der Waals surface area contributed by atoms with Crippen LogP contribution in [0.4, 0.5) is 5.69 Å². The van der Waals surface area contributed by atoms with E-state index in [1.807, 2.05) is 0 Å². The summed E-state index contributed by atoms with van der Waals surface area (Å²) in [5, 5.41) is 0.995. The molecule has 0 heterocycles. The second-order valence-electron chi connectivity index (χ2n) is 4.24. The lowest BCUT2D eigenvalue weighted by molar-refractivity contribution is 0.0595. The average Bonchev–Trinajstić information content (AvgIpc) is 2.47. The molecule has 2 aromatic carbocycles. The van der Waals surface area contributed by atoms with Crippen LogP contribution in [0.3, 0.4) is 0 Å². The van der Waals surface area contributed by atoms with Crippen LogP contribution in [0.25, 0.3) is 0 Å². The largest absolute Gasteiger partial charge is 0.488 e. The second kappa shape index (κ2) is 6.70. The Morgan fingerprint density at radius 3 is 2.48 bits per heavy atom. The molecule has 2 aromatic rings. The summed E-state index contributed by atoms with van der Waals surface area (Å²) < 4.78 is 10.3. The van der Waals surface area contributed by atoms with Crippen LogP contribution in [0.1, 0.15) is 15.9 Å². The maximum atomic E-state index is 11.7. The highest BCUT2D eigenvalue weighted by molar-refractivity contribution is 6.35. The van der Waals surface area contributed by atoms with E-state index in [2.05, 4.69) is 0 Å². The molecule has 0 aliphatic carbocycles. The number of rotatable bonds is 4. The second-order valence-corrected chi connectivity index (χ2v) is 5.05. The Kier molecular flexibility index (Phi) is 4.94. The van der Waals surface area contributed by atoms with Crippen LogP contribution < -0.4 is 10.5 Å². The van der Waals surface area contributed by atoms with Gasteiger partial charge in [0.1, 0.15) is 17.9 Å². The van der Waals surface area contributed by atoms with Crippen LogP contribution in [0.15, 0.2) is 36.4 Å². The molecule has 6 heteroatoms. The first-order chi connectivity index (χ1) is 10.0. The van der Waals surface area contributed by atoms with Crippen LogP contribution in [-0.2, 0) is 11.3 Å². The van der Waals surface area contributed by atoms with Gasteiger partial charge in [0.05, 0.1) is 7.11 Å². The van der Waals surface area contributed by atoms with E-state index in [-0.39, 0.29) is 12.2 Å². The molecule has 21 heavy (non-hydrogen) atoms. The molecule has 0 radical (unpaired) electrons. The van der Waals surface area contributed by atoms with Gasteiger partial charge < -0.3 is 15.2 Å². The molecule has 0 aliphatic rings. The van der Waals surface area contributed by atoms with Gasteiger partial charge in [0.2, 0.25) is 0 Å². The number of nitrogens with two attached hydrogens (primary N) is 1. The van der Waals surface area contributed by atoms with Gasteiger partial charge >= 0.3 is 5.97 Å². The first-order valence-corrected chi connectivity index (χ1v) is 6.82. The number of ether oxygens (including phenoxy) is 2. The Morgan fingerprint density at radius 2 is 1.86 bits per heavy atom. The van der Waals surface area contributed by atoms with Crippen LogP contribution in [-0.4, -0.2) is 13.1 Å². The fourth-order valence-electron chi connectivity index (χ4n) is 1.76. The molecule has 0 amide bonds. The van der Waals surface area contributed by atoms with Gasteiger partial charge in [0.25, 0.3) is 0 Å². The number of nitrogen functional groups attached to an aromatic ring is 1. The Bertz CT molecular complexity index is 654. The molecule has 2 N–H and O–H groups in total. The van der Waals surface area contributed by atoms with Crippen LogP contribution in [0.2, 0.25) is 10.0 Å². The summed E-state index contributed by atoms with van der Waals surface area (Å²) in [7, 11) is 1.29. The standard InChI is InChI=1S/C15H13Cl2NO3/c1-20-15(19)10-7-9(18)5-6-14(10)21-8-11-12(16)3-2-4-13(11)17/h2-7H,8,18H2,1H3. The normalized spacial score (nSPS) is 10.2. The van der Waals surface area contributed by atoms with Gasteiger partial charge in [0.15, 0.2) is 0 Å². The molecule has 0 bridgehead atoms. The Morgan fingerprint density at radius 1 is 1.19 bits per heavy atom. The van der Waals surface area contributed by atoms with Gasteiger partial charge in [-0.05, 0) is 30.3 Å². The molecule has 0 fully saturated rings. The van der Waals surface area contributed by atoms with E-state index in [0.29, 0.717) is 27.0 Å². The zero-order chi connectivity index (χ0) is 15.4. The zero-order valence-corrected chi connectivity index (χ0v) is 12.7. The molecule has 0 aromatic heterocycles. The van der Waals surface area contributed by atoms with Crippen molar-refractivity contribution in [1.82, 2.24) is 0 Å². The first-order valence-electron chi connectivity index (χ1n) is 6.06. The SMILES string of the molecule is COC(=O)c1cc(N)ccc1OCc1c(Cl)cccc1Cl. The molecular formula is C15H13Cl2NO3. The minimum Gasteiger partial charge on any atom is -0.488 e. The van der Waals surface area contributed by atoms with E-state index in [4.69, 9.17) is 38.4 Å². The predicted octanol–water partition coefficient (Wildman–Crippen LogP) is 3.94. The van der Waals surface area contributed by atoms with Crippen molar-refractivity contribution in [2.75, 3.05) is 12.8 Å². The molecule has 2 rings (SSSR count). The van der Waals surface area contributed by atoms with Gasteiger partial charge in [-0.1, -0.05) is 29.3 Å². The maximum absolute atomic E-state index is 11.7. The van der Waals surface area contributed by atoms with Crippen molar-refractivity contribution < 1.29 is 14.3 Å². The highest BCUT2D eigenvalue weighted by atomic mass is 35.5. The molecule has 110 valence electrons. The summed E-state index contributed by atoms with van der Waals surface area (Å²) >= 11 is 12.1. The molecule has 0 aliphatic heterocycles. The smallest absolute Gasteiger partial charge is 0.341 e. The summed E-state index contributed by atoms with van der Waals surface area (Å²) in [5.41, 5.74) is 7.01. The number of carbonyl (C=O) groups is 1. The Balaban J connectivity index is 2.26. The molecule has 0 unspecified atom stereocenters. The average molecular weight is 326 g/mol. The van der Waals surface area contributed by atoms with Crippen LogP contribution in [0, 0.1) is 0 Å². The fraction of sp³-hybridized carbons (Fsp3) is 0.133. The summed E-state index contributed by atoms with van der Waals surface area (Å²) in [6.07, 6.45) is 0. The van der Waals surface area contributed by atoms with Crippen molar-refractivity contribution in [2.45, 2.75) is 6.61 Å². The van der Waals surface area contributed by atoms with E-state index in [9.17, 15) is 4.79 Å². The molecule has 4 nitrogen and oxygen atoms in total. The fourth-order valence-corrected chi connectivity index (χ4v) is 2.27. The van der Waals surface area contributed by atoms with Gasteiger partial charge in [-0.3, -0.25) is 0 Å². The lowest BCUT2D eigenvalue weighted by Crippen LogP contribution is -2.07. The third kappa shape index (κ3) is 3.60. The van der Waals surface area contributed by atoms with Crippen molar-refractivity contribution in [1.29, 1.82) is 0 Å². The number of benzene rings is 2.